The molecule has 3 aliphatic heterocycles. The molecule has 0 unspecified atom stereocenters. The lowest BCUT2D eigenvalue weighted by molar-refractivity contribution is -0.140. The van der Waals surface area contributed by atoms with E-state index < -0.39 is 74.6 Å². The predicted octanol–water partition coefficient (Wildman–Crippen LogP) is 4.52. The molecule has 52 heavy (non-hydrogen) atoms. The SMILES string of the molecule is C=C[C@@H]1C[C@]1(CC(=O)[C@@H]1C[C@@H]2CN1C(=O)[C@H](CCCC)NC(=O)OCC(C)(C)CCCc1cccc3c1CN(C3)C(=O)O2)C(=O)NS(=O)(=O)C1CC1. The molecule has 3 heterocycles. The monoisotopic (exact) mass is 740 g/mol. The van der Waals surface area contributed by atoms with Crippen LogP contribution in [-0.4, -0.2) is 84.6 Å². The van der Waals surface area contributed by atoms with Crippen LogP contribution in [0.3, 0.4) is 0 Å². The predicted molar refractivity (Wildman–Crippen MR) is 191 cm³/mol. The molecule has 5 atom stereocenters. The number of hydrogen-bond donors (Lipinski definition) is 2. The topological polar surface area (TPSA) is 168 Å². The summed E-state index contributed by atoms with van der Waals surface area (Å²) in [4.78, 5) is 71.8. The molecule has 2 aliphatic carbocycles. The molecule has 13 nitrogen and oxygen atoms in total. The summed E-state index contributed by atoms with van der Waals surface area (Å²) < 4.78 is 39.2. The molecule has 1 saturated heterocycles. The maximum Gasteiger partial charge on any atom is 0.410 e. The number of allylic oxidation sites excluding steroid dienone is 1. The van der Waals surface area contributed by atoms with Gasteiger partial charge in [-0.25, -0.2) is 18.0 Å². The first-order chi connectivity index (χ1) is 24.7. The third-order valence-electron chi connectivity index (χ3n) is 11.4. The van der Waals surface area contributed by atoms with E-state index in [9.17, 15) is 32.4 Å². The van der Waals surface area contributed by atoms with Crippen LogP contribution in [-0.2, 0) is 53.4 Å². The fraction of sp³-hybridized carbons (Fsp3) is 0.658. The first-order valence-electron chi connectivity index (χ1n) is 18.7. The van der Waals surface area contributed by atoms with E-state index in [-0.39, 0.29) is 37.8 Å². The number of hydrogen-bond acceptors (Lipinski definition) is 9. The van der Waals surface area contributed by atoms with Gasteiger partial charge in [-0.15, -0.1) is 6.58 Å². The highest BCUT2D eigenvalue weighted by molar-refractivity contribution is 7.90. The average molecular weight is 741 g/mol. The number of amides is 4. The Bertz CT molecular complexity index is 1720. The van der Waals surface area contributed by atoms with Gasteiger partial charge in [0.15, 0.2) is 5.78 Å². The minimum Gasteiger partial charge on any atom is -0.449 e. The number of nitrogens with zero attached hydrogens (tertiary/aromatic N) is 2. The minimum atomic E-state index is -3.86. The number of aryl methyl sites for hydroxylation is 1. The van der Waals surface area contributed by atoms with Gasteiger partial charge in [0.2, 0.25) is 21.8 Å². The van der Waals surface area contributed by atoms with Crippen molar-refractivity contribution in [1.82, 2.24) is 19.8 Å². The molecule has 6 rings (SSSR count). The van der Waals surface area contributed by atoms with E-state index in [0.29, 0.717) is 38.8 Å². The van der Waals surface area contributed by atoms with Crippen molar-refractivity contribution in [3.05, 3.63) is 47.5 Å². The molecule has 1 aromatic carbocycles. The van der Waals surface area contributed by atoms with Crippen molar-refractivity contribution < 1.29 is 41.9 Å². The highest BCUT2D eigenvalue weighted by atomic mass is 32.2. The molecule has 4 bridgehead atoms. The number of rotatable bonds is 10. The largest absolute Gasteiger partial charge is 0.449 e. The van der Waals surface area contributed by atoms with E-state index in [1.807, 2.05) is 32.9 Å². The van der Waals surface area contributed by atoms with E-state index in [2.05, 4.69) is 22.7 Å². The van der Waals surface area contributed by atoms with Crippen molar-refractivity contribution in [3.8, 4) is 0 Å². The van der Waals surface area contributed by atoms with Gasteiger partial charge in [-0.3, -0.25) is 24.0 Å². The number of ether oxygens (including phenoxy) is 2. The lowest BCUT2D eigenvalue weighted by atomic mass is 9.86. The third-order valence-corrected chi connectivity index (χ3v) is 13.2. The van der Waals surface area contributed by atoms with Crippen LogP contribution in [0.5, 0.6) is 0 Å². The molecule has 2 saturated carbocycles. The number of sulfonamides is 1. The smallest absolute Gasteiger partial charge is 0.410 e. The minimum absolute atomic E-state index is 0.00167. The Hall–Kier alpha value is -3.94. The second kappa shape index (κ2) is 14.8. The molecule has 1 aromatic rings. The Labute approximate surface area is 306 Å². The molecule has 4 amide bonds. The van der Waals surface area contributed by atoms with E-state index in [1.54, 1.807) is 11.0 Å². The van der Waals surface area contributed by atoms with Crippen LogP contribution in [0, 0.1) is 16.7 Å². The van der Waals surface area contributed by atoms with Crippen LogP contribution >= 0.6 is 0 Å². The Morgan fingerprint density at radius 2 is 1.88 bits per heavy atom. The molecule has 14 heteroatoms. The number of unbranched alkanes of at least 4 members (excludes halogenated alkanes) is 1. The van der Waals surface area contributed by atoms with Crippen molar-refractivity contribution in [2.24, 2.45) is 16.7 Å². The summed E-state index contributed by atoms with van der Waals surface area (Å²) in [5, 5.41) is 2.13. The van der Waals surface area contributed by atoms with Crippen molar-refractivity contribution in [2.45, 2.75) is 128 Å². The first-order valence-corrected chi connectivity index (χ1v) is 20.2. The second-order valence-electron chi connectivity index (χ2n) is 16.1. The highest BCUT2D eigenvalue weighted by Crippen LogP contribution is 2.57. The summed E-state index contributed by atoms with van der Waals surface area (Å²) in [7, 11) is -3.86. The molecule has 0 aromatic heterocycles. The maximum atomic E-state index is 14.3. The van der Waals surface area contributed by atoms with E-state index in [1.165, 1.54) is 4.90 Å². The van der Waals surface area contributed by atoms with Gasteiger partial charge in [0.1, 0.15) is 12.1 Å². The van der Waals surface area contributed by atoms with Crippen LogP contribution in [0.25, 0.3) is 0 Å². The number of benzene rings is 1. The van der Waals surface area contributed by atoms with Gasteiger partial charge in [-0.05, 0) is 73.0 Å². The summed E-state index contributed by atoms with van der Waals surface area (Å²) in [6.07, 6.45) is 4.41. The van der Waals surface area contributed by atoms with Gasteiger partial charge < -0.3 is 19.7 Å². The van der Waals surface area contributed by atoms with Crippen molar-refractivity contribution in [3.63, 3.8) is 0 Å². The molecule has 284 valence electrons. The zero-order valence-electron chi connectivity index (χ0n) is 30.5. The Morgan fingerprint density at radius 1 is 1.13 bits per heavy atom. The number of carbonyl (C=O) groups excluding carboxylic acids is 5. The first kappa shape index (κ1) is 37.8. The van der Waals surface area contributed by atoms with Crippen LogP contribution < -0.4 is 10.0 Å². The number of cyclic esters (lactones) is 1. The molecule has 2 N–H and O–H groups in total. The van der Waals surface area contributed by atoms with Gasteiger partial charge in [-0.1, -0.05) is 57.9 Å². The van der Waals surface area contributed by atoms with Gasteiger partial charge in [0.05, 0.1) is 29.9 Å². The molecule has 0 radical (unpaired) electrons. The number of ketones is 1. The maximum absolute atomic E-state index is 14.3. The van der Waals surface area contributed by atoms with Crippen LogP contribution in [0.4, 0.5) is 9.59 Å². The standard InChI is InChI=1S/C38H52N4O9S/c1-5-7-13-30-33(44)42-21-27(17-31(42)32(43)19-38(18-26(38)6-2)34(45)40-52(48,49)28-14-15-28)51-36(47)41-20-25-11-8-10-24(29(25)22-41)12-9-16-37(3,4)23-50-35(46)39-30/h6,8,10-11,26-28,30-31H,2,5,7,9,12-23H2,1,3-4H3,(H,39,46)(H,40,45)/t26-,27-,30+,31+,38-/m1/s1. The summed E-state index contributed by atoms with van der Waals surface area (Å²) in [5.41, 5.74) is 1.65. The summed E-state index contributed by atoms with van der Waals surface area (Å²) in [6, 6.07) is 3.99. The van der Waals surface area contributed by atoms with Gasteiger partial charge in [-0.2, -0.15) is 0 Å². The fourth-order valence-electron chi connectivity index (χ4n) is 7.95. The molecule has 3 fully saturated rings. The lowest BCUT2D eigenvalue weighted by Crippen LogP contribution is -2.52. The van der Waals surface area contributed by atoms with Gasteiger partial charge in [0, 0.05) is 25.9 Å². The Kier molecular flexibility index (Phi) is 10.8. The van der Waals surface area contributed by atoms with E-state index in [0.717, 1.165) is 42.4 Å². The number of alkyl carbamates (subject to hydrolysis) is 1. The number of nitrogens with one attached hydrogen (secondary N) is 2. The molecular formula is C38H52N4O9S. The van der Waals surface area contributed by atoms with Crippen molar-refractivity contribution in [2.75, 3.05) is 13.2 Å². The van der Waals surface area contributed by atoms with Gasteiger partial charge >= 0.3 is 12.2 Å². The number of carbonyl (C=O) groups is 5. The third kappa shape index (κ3) is 8.16. The van der Waals surface area contributed by atoms with Crippen molar-refractivity contribution >= 4 is 39.8 Å². The van der Waals surface area contributed by atoms with Crippen LogP contribution in [0.1, 0.15) is 102 Å². The molecular weight excluding hydrogens is 689 g/mol. The molecule has 5 aliphatic rings. The van der Waals surface area contributed by atoms with E-state index in [4.69, 9.17) is 9.47 Å². The molecule has 0 spiro atoms. The number of Topliss-reactive ketones (excluding diaryl/α,β-unsaturated/α-hetero) is 1. The number of fused-ring (bicyclic) bond motifs is 3. The lowest BCUT2D eigenvalue weighted by Gasteiger charge is -2.30. The highest BCUT2D eigenvalue weighted by Gasteiger charge is 2.61. The van der Waals surface area contributed by atoms with Crippen LogP contribution in [0.15, 0.2) is 30.9 Å². The van der Waals surface area contributed by atoms with Crippen LogP contribution in [0.2, 0.25) is 0 Å². The summed E-state index contributed by atoms with van der Waals surface area (Å²) in [5.74, 6) is -2.12. The fourth-order valence-corrected chi connectivity index (χ4v) is 9.34. The quantitative estimate of drug-likeness (QED) is 0.328. The Morgan fingerprint density at radius 3 is 2.58 bits per heavy atom. The van der Waals surface area contributed by atoms with Gasteiger partial charge in [0.25, 0.3) is 0 Å². The van der Waals surface area contributed by atoms with E-state index >= 15 is 0 Å². The Balaban J connectivity index is 1.27. The second-order valence-corrected chi connectivity index (χ2v) is 18.1. The summed E-state index contributed by atoms with van der Waals surface area (Å²) >= 11 is 0. The van der Waals surface area contributed by atoms with Crippen molar-refractivity contribution in [1.29, 1.82) is 0 Å². The average Bonchev–Trinajstić information content (AvgIpc) is 3.99. The zero-order valence-corrected chi connectivity index (χ0v) is 31.3. The summed E-state index contributed by atoms with van der Waals surface area (Å²) in [6.45, 7) is 10.6. The normalized spacial score (nSPS) is 29.2. The zero-order chi connectivity index (χ0) is 37.4.